The van der Waals surface area contributed by atoms with Crippen LogP contribution in [0.2, 0.25) is 10.3 Å². The summed E-state index contributed by atoms with van der Waals surface area (Å²) in [5.74, 6) is 0. The molecule has 13 heavy (non-hydrogen) atoms. The first kappa shape index (κ1) is 8.53. The molecule has 66 valence electrons. The first-order valence-electron chi connectivity index (χ1n) is 3.48. The average Bonchev–Trinajstić information content (AvgIpc) is 2.61. The predicted octanol–water partition coefficient (Wildman–Crippen LogP) is 3.04. The van der Waals surface area contributed by atoms with E-state index in [4.69, 9.17) is 27.6 Å². The van der Waals surface area contributed by atoms with Crippen LogP contribution in [0.5, 0.6) is 0 Å². The maximum atomic E-state index is 5.81. The molecule has 0 radical (unpaired) electrons. The van der Waals surface area contributed by atoms with Gasteiger partial charge < -0.3 is 4.42 Å². The molecule has 0 spiro atoms. The summed E-state index contributed by atoms with van der Waals surface area (Å²) in [5, 5.41) is 7.90. The number of rotatable bonds is 1. The highest BCUT2D eigenvalue weighted by Gasteiger charge is 2.07. The van der Waals surface area contributed by atoms with Crippen molar-refractivity contribution in [3.8, 4) is 11.1 Å². The Hall–Kier alpha value is -1.06. The molecule has 2 rings (SSSR count). The van der Waals surface area contributed by atoms with E-state index in [9.17, 15) is 0 Å². The Kier molecular flexibility index (Phi) is 2.20. The van der Waals surface area contributed by atoms with Gasteiger partial charge in [-0.05, 0) is 12.1 Å². The highest BCUT2D eigenvalue weighted by atomic mass is 35.5. The average molecular weight is 215 g/mol. The zero-order valence-electron chi connectivity index (χ0n) is 6.37. The summed E-state index contributed by atoms with van der Waals surface area (Å²) in [4.78, 5) is 0. The Morgan fingerprint density at radius 3 is 2.77 bits per heavy atom. The Morgan fingerprint density at radius 1 is 1.23 bits per heavy atom. The van der Waals surface area contributed by atoms with E-state index in [1.54, 1.807) is 24.7 Å². The van der Waals surface area contributed by atoms with Gasteiger partial charge in [0.25, 0.3) is 0 Å². The zero-order valence-corrected chi connectivity index (χ0v) is 7.88. The first-order valence-corrected chi connectivity index (χ1v) is 4.24. The molecule has 0 saturated heterocycles. The molecular weight excluding hydrogens is 211 g/mol. The van der Waals surface area contributed by atoms with Gasteiger partial charge in [-0.15, -0.1) is 10.2 Å². The molecule has 0 fully saturated rings. The maximum Gasteiger partial charge on any atom is 0.159 e. The molecule has 0 aliphatic carbocycles. The van der Waals surface area contributed by atoms with Crippen LogP contribution in [0.25, 0.3) is 11.1 Å². The molecule has 2 aromatic heterocycles. The monoisotopic (exact) mass is 214 g/mol. The molecule has 0 N–H and O–H groups in total. The van der Waals surface area contributed by atoms with Crippen LogP contribution in [-0.4, -0.2) is 10.2 Å². The molecule has 2 heterocycles. The number of halogens is 2. The van der Waals surface area contributed by atoms with Gasteiger partial charge in [0.2, 0.25) is 0 Å². The van der Waals surface area contributed by atoms with Crippen molar-refractivity contribution < 1.29 is 4.42 Å². The molecule has 0 unspecified atom stereocenters. The van der Waals surface area contributed by atoms with Crippen LogP contribution in [0, 0.1) is 0 Å². The quantitative estimate of drug-likeness (QED) is 0.733. The molecule has 3 nitrogen and oxygen atoms in total. The summed E-state index contributed by atoms with van der Waals surface area (Å²) in [6, 6.07) is 3.42. The minimum Gasteiger partial charge on any atom is -0.472 e. The molecule has 0 aromatic carbocycles. The van der Waals surface area contributed by atoms with E-state index in [2.05, 4.69) is 10.2 Å². The van der Waals surface area contributed by atoms with E-state index in [1.807, 2.05) is 0 Å². The standard InChI is InChI=1S/C8H4Cl2N2O/c9-7-3-6(8(10)12-11-7)5-1-2-13-4-5/h1-4H. The number of nitrogens with zero attached hydrogens (tertiary/aromatic N) is 2. The predicted molar refractivity (Wildman–Crippen MR) is 49.8 cm³/mol. The van der Waals surface area contributed by atoms with Crippen molar-refractivity contribution >= 4 is 23.2 Å². The first-order chi connectivity index (χ1) is 6.27. The lowest BCUT2D eigenvalue weighted by Crippen LogP contribution is -1.86. The third-order valence-electron chi connectivity index (χ3n) is 1.55. The maximum absolute atomic E-state index is 5.81. The van der Waals surface area contributed by atoms with Crippen LogP contribution in [0.3, 0.4) is 0 Å². The second-order valence-electron chi connectivity index (χ2n) is 2.38. The molecular formula is C8H4Cl2N2O. The largest absolute Gasteiger partial charge is 0.472 e. The van der Waals surface area contributed by atoms with Crippen LogP contribution in [0.4, 0.5) is 0 Å². The van der Waals surface area contributed by atoms with Crippen LogP contribution in [0.1, 0.15) is 0 Å². The van der Waals surface area contributed by atoms with E-state index in [0.717, 1.165) is 11.1 Å². The van der Waals surface area contributed by atoms with Gasteiger partial charge in [-0.1, -0.05) is 23.2 Å². The lowest BCUT2D eigenvalue weighted by atomic mass is 10.2. The fourth-order valence-corrected chi connectivity index (χ4v) is 1.32. The second-order valence-corrected chi connectivity index (χ2v) is 3.13. The van der Waals surface area contributed by atoms with E-state index < -0.39 is 0 Å². The second kappa shape index (κ2) is 3.36. The summed E-state index contributed by atoms with van der Waals surface area (Å²) in [6.07, 6.45) is 3.12. The van der Waals surface area contributed by atoms with Gasteiger partial charge in [0.1, 0.15) is 0 Å². The van der Waals surface area contributed by atoms with Crippen LogP contribution in [0.15, 0.2) is 29.1 Å². The van der Waals surface area contributed by atoms with Crippen molar-refractivity contribution in [2.45, 2.75) is 0 Å². The Labute approximate surface area is 84.3 Å². The molecule has 0 aliphatic rings. The Bertz CT molecular complexity index is 414. The molecule has 5 heteroatoms. The normalized spacial score (nSPS) is 10.3. The number of furan rings is 1. The van der Waals surface area contributed by atoms with Crippen molar-refractivity contribution in [2.24, 2.45) is 0 Å². The minimum absolute atomic E-state index is 0.306. The fraction of sp³-hybridized carbons (Fsp3) is 0. The Morgan fingerprint density at radius 2 is 2.08 bits per heavy atom. The van der Waals surface area contributed by atoms with Gasteiger partial charge >= 0.3 is 0 Å². The van der Waals surface area contributed by atoms with Crippen molar-refractivity contribution in [3.63, 3.8) is 0 Å². The summed E-state index contributed by atoms with van der Waals surface area (Å²) in [7, 11) is 0. The molecule has 0 aliphatic heterocycles. The molecule has 2 aromatic rings. The lowest BCUT2D eigenvalue weighted by Gasteiger charge is -1.98. The molecule has 0 atom stereocenters. The van der Waals surface area contributed by atoms with E-state index in [-0.39, 0.29) is 0 Å². The SMILES string of the molecule is Clc1cc(-c2ccoc2)c(Cl)nn1. The Balaban J connectivity index is 2.57. The van der Waals surface area contributed by atoms with E-state index in [0.29, 0.717) is 10.3 Å². The summed E-state index contributed by atoms with van der Waals surface area (Å²) < 4.78 is 4.91. The lowest BCUT2D eigenvalue weighted by molar-refractivity contribution is 0.568. The van der Waals surface area contributed by atoms with Gasteiger partial charge in [-0.2, -0.15) is 0 Å². The van der Waals surface area contributed by atoms with Crippen LogP contribution >= 0.6 is 23.2 Å². The molecule has 0 amide bonds. The van der Waals surface area contributed by atoms with Gasteiger partial charge in [0.05, 0.1) is 12.5 Å². The summed E-state index contributed by atoms with van der Waals surface area (Å²) in [6.45, 7) is 0. The number of aromatic nitrogens is 2. The zero-order chi connectivity index (χ0) is 9.26. The molecule has 0 bridgehead atoms. The number of hydrogen-bond donors (Lipinski definition) is 0. The van der Waals surface area contributed by atoms with Gasteiger partial charge in [-0.3, -0.25) is 0 Å². The van der Waals surface area contributed by atoms with Crippen molar-refractivity contribution in [3.05, 3.63) is 35.0 Å². The smallest absolute Gasteiger partial charge is 0.159 e. The third kappa shape index (κ3) is 1.66. The van der Waals surface area contributed by atoms with Crippen molar-refractivity contribution in [1.29, 1.82) is 0 Å². The van der Waals surface area contributed by atoms with Gasteiger partial charge in [0, 0.05) is 11.1 Å². The van der Waals surface area contributed by atoms with Crippen molar-refractivity contribution in [1.82, 2.24) is 10.2 Å². The fourth-order valence-electron chi connectivity index (χ4n) is 0.973. The van der Waals surface area contributed by atoms with Crippen LogP contribution in [-0.2, 0) is 0 Å². The number of hydrogen-bond acceptors (Lipinski definition) is 3. The molecule has 0 saturated carbocycles. The summed E-state index contributed by atoms with van der Waals surface area (Å²) in [5.41, 5.74) is 1.55. The third-order valence-corrected chi connectivity index (χ3v) is 2.02. The summed E-state index contributed by atoms with van der Waals surface area (Å²) >= 11 is 11.5. The minimum atomic E-state index is 0.306. The van der Waals surface area contributed by atoms with E-state index in [1.165, 1.54) is 0 Å². The highest BCUT2D eigenvalue weighted by molar-refractivity contribution is 6.33. The highest BCUT2D eigenvalue weighted by Crippen LogP contribution is 2.27. The topological polar surface area (TPSA) is 38.9 Å². The van der Waals surface area contributed by atoms with Gasteiger partial charge in [0.15, 0.2) is 10.3 Å². The van der Waals surface area contributed by atoms with Gasteiger partial charge in [-0.25, -0.2) is 0 Å². The van der Waals surface area contributed by atoms with Crippen molar-refractivity contribution in [2.75, 3.05) is 0 Å². The van der Waals surface area contributed by atoms with E-state index >= 15 is 0 Å². The van der Waals surface area contributed by atoms with Crippen LogP contribution < -0.4 is 0 Å².